The minimum absolute atomic E-state index is 0.0750. The lowest BCUT2D eigenvalue weighted by Gasteiger charge is -2.32. The van der Waals surface area contributed by atoms with Crippen molar-refractivity contribution in [2.24, 2.45) is 5.92 Å². The van der Waals surface area contributed by atoms with Crippen LogP contribution in [0.5, 0.6) is 0 Å². The maximum absolute atomic E-state index is 12.7. The number of methoxy groups -OCH3 is 1. The van der Waals surface area contributed by atoms with Crippen LogP contribution in [-0.2, 0) is 14.3 Å². The summed E-state index contributed by atoms with van der Waals surface area (Å²) >= 11 is 0. The maximum atomic E-state index is 12.7. The Morgan fingerprint density at radius 3 is 2.62 bits per heavy atom. The second kappa shape index (κ2) is 9.30. The van der Waals surface area contributed by atoms with Crippen LogP contribution in [0.2, 0.25) is 0 Å². The highest BCUT2D eigenvalue weighted by Crippen LogP contribution is 2.23. The van der Waals surface area contributed by atoms with Crippen molar-refractivity contribution in [3.05, 3.63) is 30.2 Å². The number of rotatable bonds is 6. The summed E-state index contributed by atoms with van der Waals surface area (Å²) < 4.78 is 10.0. The van der Waals surface area contributed by atoms with Gasteiger partial charge in [0.25, 0.3) is 0 Å². The van der Waals surface area contributed by atoms with Crippen LogP contribution in [0.25, 0.3) is 6.08 Å². The zero-order valence-corrected chi connectivity index (χ0v) is 14.6. The van der Waals surface area contributed by atoms with Crippen molar-refractivity contribution in [1.82, 2.24) is 4.90 Å². The first-order valence-corrected chi connectivity index (χ1v) is 8.72. The number of furan rings is 1. The molecule has 1 aromatic heterocycles. The topological polar surface area (TPSA) is 59.8 Å². The number of esters is 1. The van der Waals surface area contributed by atoms with Crippen molar-refractivity contribution >= 4 is 18.0 Å². The third kappa shape index (κ3) is 5.25. The van der Waals surface area contributed by atoms with Crippen molar-refractivity contribution in [2.45, 2.75) is 51.5 Å². The Labute approximate surface area is 143 Å². The summed E-state index contributed by atoms with van der Waals surface area (Å²) in [7, 11) is 1.38. The Morgan fingerprint density at radius 2 is 2.04 bits per heavy atom. The van der Waals surface area contributed by atoms with E-state index in [1.807, 2.05) is 4.90 Å². The van der Waals surface area contributed by atoms with Crippen molar-refractivity contribution < 1.29 is 18.7 Å². The van der Waals surface area contributed by atoms with Crippen LogP contribution in [0.3, 0.4) is 0 Å². The van der Waals surface area contributed by atoms with Crippen LogP contribution in [0, 0.1) is 5.92 Å². The van der Waals surface area contributed by atoms with E-state index in [-0.39, 0.29) is 23.8 Å². The Bertz CT molecular complexity index is 542. The zero-order chi connectivity index (χ0) is 17.4. The highest BCUT2D eigenvalue weighted by Gasteiger charge is 2.27. The Balaban J connectivity index is 2.10. The summed E-state index contributed by atoms with van der Waals surface area (Å²) in [6.07, 6.45) is 11.5. The van der Waals surface area contributed by atoms with Gasteiger partial charge in [0.1, 0.15) is 5.76 Å². The molecule has 1 saturated carbocycles. The second-order valence-electron chi connectivity index (χ2n) is 6.41. The summed E-state index contributed by atoms with van der Waals surface area (Å²) in [6.45, 7) is 2.19. The molecule has 0 bridgehead atoms. The molecule has 1 unspecified atom stereocenters. The van der Waals surface area contributed by atoms with Gasteiger partial charge in [0.15, 0.2) is 0 Å². The van der Waals surface area contributed by atoms with Crippen molar-refractivity contribution in [2.75, 3.05) is 13.7 Å². The molecule has 0 N–H and O–H groups in total. The Morgan fingerprint density at radius 1 is 1.33 bits per heavy atom. The van der Waals surface area contributed by atoms with Crippen molar-refractivity contribution in [3.8, 4) is 0 Å². The first-order chi connectivity index (χ1) is 11.6. The number of nitrogens with zero attached hydrogens (tertiary/aromatic N) is 1. The van der Waals surface area contributed by atoms with E-state index in [4.69, 9.17) is 9.15 Å². The second-order valence-corrected chi connectivity index (χ2v) is 6.41. The number of ether oxygens (including phenoxy) is 1. The van der Waals surface area contributed by atoms with E-state index in [2.05, 4.69) is 0 Å². The zero-order valence-electron chi connectivity index (χ0n) is 14.6. The molecule has 1 heterocycles. The molecular weight excluding hydrogens is 306 g/mol. The minimum atomic E-state index is -0.334. The fourth-order valence-corrected chi connectivity index (χ4v) is 3.19. The van der Waals surface area contributed by atoms with Crippen LogP contribution in [0.4, 0.5) is 0 Å². The highest BCUT2D eigenvalue weighted by atomic mass is 16.5. The van der Waals surface area contributed by atoms with Gasteiger partial charge in [-0.1, -0.05) is 32.6 Å². The lowest BCUT2D eigenvalue weighted by molar-refractivity contribution is -0.146. The van der Waals surface area contributed by atoms with Gasteiger partial charge < -0.3 is 14.1 Å². The lowest BCUT2D eigenvalue weighted by Crippen LogP contribution is -2.43. The molecule has 1 atom stereocenters. The van der Waals surface area contributed by atoms with E-state index in [0.717, 1.165) is 25.7 Å². The van der Waals surface area contributed by atoms with Gasteiger partial charge in [-0.3, -0.25) is 9.59 Å². The van der Waals surface area contributed by atoms with Crippen molar-refractivity contribution in [3.63, 3.8) is 0 Å². The van der Waals surface area contributed by atoms with Crippen LogP contribution in [0.15, 0.2) is 28.9 Å². The highest BCUT2D eigenvalue weighted by molar-refractivity contribution is 5.92. The minimum Gasteiger partial charge on any atom is -0.469 e. The number of hydrogen-bond donors (Lipinski definition) is 0. The van der Waals surface area contributed by atoms with E-state index in [0.29, 0.717) is 12.3 Å². The Hall–Kier alpha value is -2.04. The smallest absolute Gasteiger partial charge is 0.310 e. The van der Waals surface area contributed by atoms with Crippen LogP contribution in [0.1, 0.15) is 51.2 Å². The van der Waals surface area contributed by atoms with Gasteiger partial charge in [-0.05, 0) is 31.1 Å². The first-order valence-electron chi connectivity index (χ1n) is 8.72. The van der Waals surface area contributed by atoms with Gasteiger partial charge in [-0.25, -0.2) is 0 Å². The quantitative estimate of drug-likeness (QED) is 0.453. The van der Waals surface area contributed by atoms with E-state index in [1.54, 1.807) is 31.4 Å². The fourth-order valence-electron chi connectivity index (χ4n) is 3.19. The summed E-state index contributed by atoms with van der Waals surface area (Å²) in [5.74, 6) is -0.0464. The molecule has 0 aromatic carbocycles. The molecule has 0 saturated heterocycles. The number of amides is 1. The maximum Gasteiger partial charge on any atom is 0.310 e. The molecule has 0 spiro atoms. The fraction of sp³-hybridized carbons (Fsp3) is 0.579. The third-order valence-corrected chi connectivity index (χ3v) is 4.56. The van der Waals surface area contributed by atoms with Gasteiger partial charge in [0.05, 0.1) is 19.3 Å². The summed E-state index contributed by atoms with van der Waals surface area (Å²) in [4.78, 5) is 26.4. The molecule has 132 valence electrons. The molecule has 2 rings (SSSR count). The van der Waals surface area contributed by atoms with Crippen LogP contribution < -0.4 is 0 Å². The molecule has 0 radical (unpaired) electrons. The average Bonchev–Trinajstić information content (AvgIpc) is 2.97. The van der Waals surface area contributed by atoms with Gasteiger partial charge in [0, 0.05) is 18.7 Å². The number of carbonyl (C=O) groups is 2. The van der Waals surface area contributed by atoms with E-state index in [1.165, 1.54) is 26.0 Å². The molecule has 5 nitrogen and oxygen atoms in total. The van der Waals surface area contributed by atoms with Crippen molar-refractivity contribution in [1.29, 1.82) is 0 Å². The molecular formula is C19H27NO4. The summed E-state index contributed by atoms with van der Waals surface area (Å²) in [5, 5.41) is 0. The molecule has 1 amide bonds. The van der Waals surface area contributed by atoms with Crippen LogP contribution >= 0.6 is 0 Å². The molecule has 0 aliphatic heterocycles. The first kappa shape index (κ1) is 18.3. The number of carbonyl (C=O) groups excluding carboxylic acids is 2. The van der Waals surface area contributed by atoms with Gasteiger partial charge in [-0.15, -0.1) is 0 Å². The monoisotopic (exact) mass is 333 g/mol. The third-order valence-electron chi connectivity index (χ3n) is 4.56. The van der Waals surface area contributed by atoms with E-state index < -0.39 is 0 Å². The molecule has 1 aliphatic carbocycles. The lowest BCUT2D eigenvalue weighted by atomic mass is 10.0. The van der Waals surface area contributed by atoms with Gasteiger partial charge in [0.2, 0.25) is 5.91 Å². The molecule has 24 heavy (non-hydrogen) atoms. The summed E-state index contributed by atoms with van der Waals surface area (Å²) in [5.41, 5.74) is 0. The molecule has 1 aromatic rings. The predicted octanol–water partition coefficient (Wildman–Crippen LogP) is 3.65. The van der Waals surface area contributed by atoms with E-state index >= 15 is 0 Å². The molecule has 1 fully saturated rings. The standard InChI is InChI=1S/C19H27NO4/c1-15(19(22)23-2)14-20(16-8-5-3-4-6-9-16)18(21)12-11-17-10-7-13-24-17/h7,10-13,15-16H,3-6,8-9,14H2,1-2H3/b12-11+. The van der Waals surface area contributed by atoms with Gasteiger partial charge in [-0.2, -0.15) is 0 Å². The normalized spacial score (nSPS) is 17.4. The SMILES string of the molecule is COC(=O)C(C)CN(C(=O)/C=C/c1ccco1)C1CCCCCC1. The van der Waals surface area contributed by atoms with Crippen LogP contribution in [-0.4, -0.2) is 36.5 Å². The predicted molar refractivity (Wildman–Crippen MR) is 92.1 cm³/mol. The molecule has 5 heteroatoms. The largest absolute Gasteiger partial charge is 0.469 e. The number of hydrogen-bond acceptors (Lipinski definition) is 4. The Kier molecular flexibility index (Phi) is 7.09. The summed E-state index contributed by atoms with van der Waals surface area (Å²) in [6, 6.07) is 3.77. The average molecular weight is 333 g/mol. The van der Waals surface area contributed by atoms with E-state index in [9.17, 15) is 9.59 Å². The van der Waals surface area contributed by atoms with Gasteiger partial charge >= 0.3 is 5.97 Å². The molecule has 1 aliphatic rings.